The maximum absolute atomic E-state index is 12.4. The van der Waals surface area contributed by atoms with Crippen molar-refractivity contribution in [2.45, 2.75) is 26.4 Å². The third-order valence-electron chi connectivity index (χ3n) is 3.19. The van der Waals surface area contributed by atoms with Gasteiger partial charge in [0.2, 0.25) is 0 Å². The van der Waals surface area contributed by atoms with Crippen molar-refractivity contribution in [1.29, 1.82) is 0 Å². The summed E-state index contributed by atoms with van der Waals surface area (Å²) < 4.78 is 0.866. The summed E-state index contributed by atoms with van der Waals surface area (Å²) in [4.78, 5) is 15.9. The van der Waals surface area contributed by atoms with Gasteiger partial charge in [0.15, 0.2) is 5.78 Å². The lowest BCUT2D eigenvalue weighted by molar-refractivity contribution is 0.0898. The normalized spacial score (nSPS) is 11.2. The van der Waals surface area contributed by atoms with E-state index in [1.54, 1.807) is 11.3 Å². The second-order valence-corrected chi connectivity index (χ2v) is 6.87. The maximum Gasteiger partial charge on any atom is 0.177 e. The van der Waals surface area contributed by atoms with E-state index in [2.05, 4.69) is 46.1 Å². The van der Waals surface area contributed by atoms with Crippen molar-refractivity contribution in [3.05, 3.63) is 56.7 Å². The molecule has 0 N–H and O–H groups in total. The minimum atomic E-state index is 0.155. The predicted octanol–water partition coefficient (Wildman–Crippen LogP) is 4.60. The second kappa shape index (κ2) is 7.16. The van der Waals surface area contributed by atoms with E-state index in [-0.39, 0.29) is 5.78 Å². The van der Waals surface area contributed by atoms with Gasteiger partial charge in [0.05, 0.1) is 6.54 Å². The lowest BCUT2D eigenvalue weighted by Gasteiger charge is -2.25. The minimum Gasteiger partial charge on any atom is -0.293 e. The Morgan fingerprint density at radius 2 is 2.00 bits per heavy atom. The third-order valence-corrected chi connectivity index (χ3v) is 4.74. The molecule has 0 unspecified atom stereocenters. The number of hydrogen-bond donors (Lipinski definition) is 0. The zero-order valence-electron chi connectivity index (χ0n) is 11.7. The van der Waals surface area contributed by atoms with Crippen molar-refractivity contribution in [3.8, 4) is 0 Å². The van der Waals surface area contributed by atoms with E-state index in [0.29, 0.717) is 12.6 Å². The Balaban J connectivity index is 2.08. The Morgan fingerprint density at radius 3 is 2.60 bits per heavy atom. The molecule has 0 aliphatic heterocycles. The van der Waals surface area contributed by atoms with Crippen molar-refractivity contribution >= 4 is 33.0 Å². The topological polar surface area (TPSA) is 20.3 Å². The average molecular weight is 352 g/mol. The van der Waals surface area contributed by atoms with Gasteiger partial charge in [0, 0.05) is 27.5 Å². The molecule has 0 atom stereocenters. The second-order valence-electron chi connectivity index (χ2n) is 4.98. The SMILES string of the molecule is CC(C)N(CC(=O)c1ccccc1Br)Cc1cccs1. The lowest BCUT2D eigenvalue weighted by Crippen LogP contribution is -2.35. The number of thiophene rings is 1. The molecule has 0 amide bonds. The van der Waals surface area contributed by atoms with Crippen molar-refractivity contribution in [1.82, 2.24) is 4.90 Å². The van der Waals surface area contributed by atoms with E-state index in [0.717, 1.165) is 16.6 Å². The quantitative estimate of drug-likeness (QED) is 0.708. The molecule has 2 rings (SSSR count). The number of nitrogens with zero attached hydrogens (tertiary/aromatic N) is 1. The summed E-state index contributed by atoms with van der Waals surface area (Å²) in [5.41, 5.74) is 0.754. The van der Waals surface area contributed by atoms with E-state index in [9.17, 15) is 4.79 Å². The van der Waals surface area contributed by atoms with Gasteiger partial charge in [-0.15, -0.1) is 11.3 Å². The largest absolute Gasteiger partial charge is 0.293 e. The fraction of sp³-hybridized carbons (Fsp3) is 0.312. The summed E-state index contributed by atoms with van der Waals surface area (Å²) in [5.74, 6) is 0.155. The number of rotatable bonds is 6. The van der Waals surface area contributed by atoms with Gasteiger partial charge in [-0.25, -0.2) is 0 Å². The maximum atomic E-state index is 12.4. The Bertz CT molecular complexity index is 566. The first-order valence-corrected chi connectivity index (χ1v) is 8.29. The predicted molar refractivity (Wildman–Crippen MR) is 88.3 cm³/mol. The molecule has 1 aromatic heterocycles. The number of carbonyl (C=O) groups excluding carboxylic acids is 1. The van der Waals surface area contributed by atoms with Crippen LogP contribution in [0.4, 0.5) is 0 Å². The third kappa shape index (κ3) is 4.01. The number of halogens is 1. The smallest absolute Gasteiger partial charge is 0.177 e. The highest BCUT2D eigenvalue weighted by Gasteiger charge is 2.17. The van der Waals surface area contributed by atoms with Crippen LogP contribution in [0.2, 0.25) is 0 Å². The number of ketones is 1. The summed E-state index contributed by atoms with van der Waals surface area (Å²) in [5, 5.41) is 2.07. The monoisotopic (exact) mass is 351 g/mol. The van der Waals surface area contributed by atoms with Gasteiger partial charge in [0.25, 0.3) is 0 Å². The molecule has 0 bridgehead atoms. The lowest BCUT2D eigenvalue weighted by atomic mass is 10.1. The Morgan fingerprint density at radius 1 is 1.25 bits per heavy atom. The van der Waals surface area contributed by atoms with Crippen LogP contribution in [0.15, 0.2) is 46.3 Å². The standard InChI is InChI=1S/C16H18BrNOS/c1-12(2)18(10-13-6-5-9-20-13)11-16(19)14-7-3-4-8-15(14)17/h3-9,12H,10-11H2,1-2H3. The number of benzene rings is 1. The van der Waals surface area contributed by atoms with Crippen LogP contribution in [0.3, 0.4) is 0 Å². The van der Waals surface area contributed by atoms with Crippen LogP contribution in [-0.2, 0) is 6.54 Å². The molecule has 0 spiro atoms. The van der Waals surface area contributed by atoms with Crippen LogP contribution < -0.4 is 0 Å². The van der Waals surface area contributed by atoms with Gasteiger partial charge in [-0.05, 0) is 31.4 Å². The summed E-state index contributed by atoms with van der Waals surface area (Å²) in [6.45, 7) is 5.52. The van der Waals surface area contributed by atoms with Gasteiger partial charge < -0.3 is 0 Å². The molecule has 106 valence electrons. The van der Waals surface area contributed by atoms with E-state index < -0.39 is 0 Å². The van der Waals surface area contributed by atoms with Crippen LogP contribution in [0.1, 0.15) is 29.1 Å². The number of Topliss-reactive ketones (excluding diaryl/α,β-unsaturated/α-hetero) is 1. The Kier molecular flexibility index (Phi) is 5.52. The molecule has 2 aromatic rings. The van der Waals surface area contributed by atoms with Gasteiger partial charge >= 0.3 is 0 Å². The van der Waals surface area contributed by atoms with Gasteiger partial charge in [0.1, 0.15) is 0 Å². The highest BCUT2D eigenvalue weighted by molar-refractivity contribution is 9.10. The van der Waals surface area contributed by atoms with Gasteiger partial charge in [-0.3, -0.25) is 9.69 Å². The van der Waals surface area contributed by atoms with E-state index in [1.165, 1.54) is 4.88 Å². The van der Waals surface area contributed by atoms with E-state index >= 15 is 0 Å². The van der Waals surface area contributed by atoms with Crippen LogP contribution >= 0.6 is 27.3 Å². The molecule has 20 heavy (non-hydrogen) atoms. The molecule has 0 saturated carbocycles. The fourth-order valence-electron chi connectivity index (χ4n) is 1.98. The van der Waals surface area contributed by atoms with Crippen molar-refractivity contribution in [3.63, 3.8) is 0 Å². The minimum absolute atomic E-state index is 0.155. The summed E-state index contributed by atoms with van der Waals surface area (Å²) in [6.07, 6.45) is 0. The van der Waals surface area contributed by atoms with Crippen molar-refractivity contribution in [2.75, 3.05) is 6.54 Å². The summed E-state index contributed by atoms with van der Waals surface area (Å²) in [7, 11) is 0. The molecule has 0 aliphatic carbocycles. The zero-order chi connectivity index (χ0) is 14.5. The molecule has 4 heteroatoms. The highest BCUT2D eigenvalue weighted by Crippen LogP contribution is 2.19. The number of hydrogen-bond acceptors (Lipinski definition) is 3. The molecule has 0 aliphatic rings. The molecule has 1 heterocycles. The summed E-state index contributed by atoms with van der Waals surface area (Å²) >= 11 is 5.18. The zero-order valence-corrected chi connectivity index (χ0v) is 14.1. The molecular weight excluding hydrogens is 334 g/mol. The first-order chi connectivity index (χ1) is 9.58. The van der Waals surface area contributed by atoms with Crippen LogP contribution in [0.5, 0.6) is 0 Å². The molecule has 0 radical (unpaired) electrons. The van der Waals surface area contributed by atoms with Crippen LogP contribution in [-0.4, -0.2) is 23.3 Å². The van der Waals surface area contributed by atoms with Gasteiger partial charge in [-0.1, -0.05) is 40.2 Å². The molecule has 1 aromatic carbocycles. The first kappa shape index (κ1) is 15.4. The molecule has 0 fully saturated rings. The van der Waals surface area contributed by atoms with Crippen LogP contribution in [0, 0.1) is 0 Å². The molecular formula is C16H18BrNOS. The van der Waals surface area contributed by atoms with Crippen molar-refractivity contribution < 1.29 is 4.79 Å². The molecule has 2 nitrogen and oxygen atoms in total. The number of carbonyl (C=O) groups is 1. The molecule has 0 saturated heterocycles. The Hall–Kier alpha value is -0.970. The summed E-state index contributed by atoms with van der Waals surface area (Å²) in [6, 6.07) is 12.1. The first-order valence-electron chi connectivity index (χ1n) is 6.62. The highest BCUT2D eigenvalue weighted by atomic mass is 79.9. The fourth-order valence-corrected chi connectivity index (χ4v) is 3.22. The van der Waals surface area contributed by atoms with E-state index in [1.807, 2.05) is 30.3 Å². The Labute approximate surface area is 132 Å². The average Bonchev–Trinajstić information content (AvgIpc) is 2.91. The van der Waals surface area contributed by atoms with E-state index in [4.69, 9.17) is 0 Å². The van der Waals surface area contributed by atoms with Gasteiger partial charge in [-0.2, -0.15) is 0 Å². The van der Waals surface area contributed by atoms with Crippen LogP contribution in [0.25, 0.3) is 0 Å². The van der Waals surface area contributed by atoms with Crippen molar-refractivity contribution in [2.24, 2.45) is 0 Å².